The minimum absolute atomic E-state index is 0.296. The van der Waals surface area contributed by atoms with Crippen LogP contribution in [0.5, 0.6) is 0 Å². The number of hydrazine groups is 1. The number of rotatable bonds is 2. The lowest BCUT2D eigenvalue weighted by molar-refractivity contribution is 0.0949. The van der Waals surface area contributed by atoms with Crippen molar-refractivity contribution in [2.24, 2.45) is 5.84 Å². The SMILES string of the molecule is CCOC(=O)N1CCN(SC(=O)NN)CC1. The van der Waals surface area contributed by atoms with E-state index < -0.39 is 0 Å². The van der Waals surface area contributed by atoms with E-state index in [0.717, 1.165) is 11.9 Å². The monoisotopic (exact) mass is 248 g/mol. The predicted octanol–water partition coefficient (Wildman–Crippen LogP) is -0.00800. The predicted molar refractivity (Wildman–Crippen MR) is 60.5 cm³/mol. The van der Waals surface area contributed by atoms with E-state index in [4.69, 9.17) is 10.6 Å². The Bertz CT molecular complexity index is 256. The van der Waals surface area contributed by atoms with Crippen molar-refractivity contribution in [3.8, 4) is 0 Å². The van der Waals surface area contributed by atoms with Crippen LogP contribution in [0.2, 0.25) is 0 Å². The molecule has 0 spiro atoms. The van der Waals surface area contributed by atoms with Gasteiger partial charge in [0.05, 0.1) is 6.61 Å². The molecule has 0 aliphatic carbocycles. The molecule has 1 heterocycles. The third-order valence-corrected chi connectivity index (χ3v) is 3.00. The molecule has 0 atom stereocenters. The smallest absolute Gasteiger partial charge is 0.409 e. The second-order valence-electron chi connectivity index (χ2n) is 3.14. The topological polar surface area (TPSA) is 87.9 Å². The lowest BCUT2D eigenvalue weighted by Gasteiger charge is -2.32. The Morgan fingerprint density at radius 2 is 2.00 bits per heavy atom. The first kappa shape index (κ1) is 13.1. The minimum atomic E-state index is -0.301. The Kier molecular flexibility index (Phi) is 5.36. The summed E-state index contributed by atoms with van der Waals surface area (Å²) in [5.74, 6) is 4.97. The summed E-state index contributed by atoms with van der Waals surface area (Å²) < 4.78 is 6.74. The van der Waals surface area contributed by atoms with Crippen molar-refractivity contribution in [2.75, 3.05) is 32.8 Å². The Labute approximate surface area is 98.4 Å². The fraction of sp³-hybridized carbons (Fsp3) is 0.750. The summed E-state index contributed by atoms with van der Waals surface area (Å²) in [6, 6.07) is 0. The number of ether oxygens (including phenoxy) is 1. The van der Waals surface area contributed by atoms with Gasteiger partial charge in [0.15, 0.2) is 0 Å². The van der Waals surface area contributed by atoms with Crippen molar-refractivity contribution in [3.63, 3.8) is 0 Å². The first-order valence-electron chi connectivity index (χ1n) is 5.02. The average molecular weight is 248 g/mol. The zero-order valence-electron chi connectivity index (χ0n) is 9.14. The maximum Gasteiger partial charge on any atom is 0.409 e. The van der Waals surface area contributed by atoms with E-state index in [1.165, 1.54) is 0 Å². The van der Waals surface area contributed by atoms with E-state index in [9.17, 15) is 9.59 Å². The lowest BCUT2D eigenvalue weighted by Crippen LogP contribution is -2.47. The molecular weight excluding hydrogens is 232 g/mol. The van der Waals surface area contributed by atoms with Gasteiger partial charge in [-0.3, -0.25) is 10.2 Å². The molecule has 3 N–H and O–H groups in total. The first-order valence-corrected chi connectivity index (χ1v) is 5.80. The number of hydrogen-bond donors (Lipinski definition) is 2. The van der Waals surface area contributed by atoms with Gasteiger partial charge in [0, 0.05) is 38.1 Å². The largest absolute Gasteiger partial charge is 0.450 e. The van der Waals surface area contributed by atoms with Crippen molar-refractivity contribution < 1.29 is 14.3 Å². The maximum atomic E-state index is 11.4. The Morgan fingerprint density at radius 1 is 1.38 bits per heavy atom. The third-order valence-electron chi connectivity index (χ3n) is 2.09. The second-order valence-corrected chi connectivity index (χ2v) is 4.21. The number of nitrogens with zero attached hydrogens (tertiary/aromatic N) is 2. The van der Waals surface area contributed by atoms with Crippen LogP contribution >= 0.6 is 11.9 Å². The van der Waals surface area contributed by atoms with Gasteiger partial charge in [-0.25, -0.2) is 14.9 Å². The number of carbonyl (C=O) groups is 2. The molecule has 1 fully saturated rings. The van der Waals surface area contributed by atoms with E-state index >= 15 is 0 Å². The minimum Gasteiger partial charge on any atom is -0.450 e. The molecule has 0 radical (unpaired) electrons. The van der Waals surface area contributed by atoms with Crippen LogP contribution in [-0.2, 0) is 4.74 Å². The van der Waals surface area contributed by atoms with Gasteiger partial charge in [-0.2, -0.15) is 0 Å². The maximum absolute atomic E-state index is 11.4. The summed E-state index contributed by atoms with van der Waals surface area (Å²) >= 11 is 1.03. The van der Waals surface area contributed by atoms with Crippen molar-refractivity contribution in [3.05, 3.63) is 0 Å². The summed E-state index contributed by atoms with van der Waals surface area (Å²) in [5, 5.41) is -0.301. The molecule has 0 bridgehead atoms. The molecule has 1 aliphatic rings. The zero-order chi connectivity index (χ0) is 12.0. The molecule has 16 heavy (non-hydrogen) atoms. The molecule has 1 aliphatic heterocycles. The molecule has 0 unspecified atom stereocenters. The molecule has 8 heteroatoms. The highest BCUT2D eigenvalue weighted by molar-refractivity contribution is 8.11. The number of amides is 2. The van der Waals surface area contributed by atoms with Crippen LogP contribution in [0.3, 0.4) is 0 Å². The molecular formula is C8H16N4O3S. The van der Waals surface area contributed by atoms with Gasteiger partial charge >= 0.3 is 11.3 Å². The van der Waals surface area contributed by atoms with E-state index in [0.29, 0.717) is 32.8 Å². The van der Waals surface area contributed by atoms with Gasteiger partial charge in [-0.15, -0.1) is 0 Å². The van der Waals surface area contributed by atoms with Gasteiger partial charge in [0.25, 0.3) is 0 Å². The van der Waals surface area contributed by atoms with Gasteiger partial charge < -0.3 is 9.64 Å². The fourth-order valence-electron chi connectivity index (χ4n) is 1.32. The van der Waals surface area contributed by atoms with Crippen LogP contribution in [0.15, 0.2) is 0 Å². The summed E-state index contributed by atoms with van der Waals surface area (Å²) in [7, 11) is 0. The summed E-state index contributed by atoms with van der Waals surface area (Å²) in [4.78, 5) is 24.0. The normalized spacial score (nSPS) is 17.0. The molecule has 1 saturated heterocycles. The first-order chi connectivity index (χ1) is 7.67. The highest BCUT2D eigenvalue weighted by atomic mass is 32.2. The van der Waals surface area contributed by atoms with Crippen molar-refractivity contribution in [1.82, 2.24) is 14.6 Å². The van der Waals surface area contributed by atoms with E-state index in [1.807, 2.05) is 9.73 Å². The van der Waals surface area contributed by atoms with Crippen molar-refractivity contribution >= 4 is 23.3 Å². The molecule has 92 valence electrons. The fourth-order valence-corrected chi connectivity index (χ4v) is 1.95. The standard InChI is InChI=1S/C8H16N4O3S/c1-2-15-8(14)11-3-5-12(6-4-11)16-7(13)10-9/h2-6,9H2,1H3,(H,10,13). The van der Waals surface area contributed by atoms with E-state index in [-0.39, 0.29) is 11.3 Å². The molecule has 0 saturated carbocycles. The Morgan fingerprint density at radius 3 is 2.50 bits per heavy atom. The van der Waals surface area contributed by atoms with E-state index in [2.05, 4.69) is 0 Å². The lowest BCUT2D eigenvalue weighted by atomic mass is 10.4. The number of nitrogens with one attached hydrogen (secondary N) is 1. The molecule has 1 rings (SSSR count). The number of piperazine rings is 1. The Balaban J connectivity index is 2.28. The van der Waals surface area contributed by atoms with Gasteiger partial charge in [-0.05, 0) is 6.92 Å². The molecule has 0 aromatic heterocycles. The zero-order valence-corrected chi connectivity index (χ0v) is 9.96. The van der Waals surface area contributed by atoms with Crippen molar-refractivity contribution in [1.29, 1.82) is 0 Å². The Hall–Kier alpha value is -0.990. The quantitative estimate of drug-likeness (QED) is 0.309. The molecule has 0 aromatic carbocycles. The summed E-state index contributed by atoms with van der Waals surface area (Å²) in [6.45, 7) is 4.51. The third kappa shape index (κ3) is 3.87. The van der Waals surface area contributed by atoms with Crippen LogP contribution in [0.4, 0.5) is 9.59 Å². The van der Waals surface area contributed by atoms with Gasteiger partial charge in [-0.1, -0.05) is 0 Å². The average Bonchev–Trinajstić information content (AvgIpc) is 2.30. The number of nitrogens with two attached hydrogens (primary N) is 1. The van der Waals surface area contributed by atoms with Crippen LogP contribution in [0.25, 0.3) is 0 Å². The summed E-state index contributed by atoms with van der Waals surface area (Å²) in [5.41, 5.74) is 2.04. The highest BCUT2D eigenvalue weighted by Gasteiger charge is 2.23. The molecule has 2 amide bonds. The van der Waals surface area contributed by atoms with Gasteiger partial charge in [0.1, 0.15) is 0 Å². The van der Waals surface area contributed by atoms with Gasteiger partial charge in [0.2, 0.25) is 0 Å². The van der Waals surface area contributed by atoms with Crippen molar-refractivity contribution in [2.45, 2.75) is 6.92 Å². The number of hydrogen-bond acceptors (Lipinski definition) is 6. The molecule has 7 nitrogen and oxygen atoms in total. The van der Waals surface area contributed by atoms with Crippen LogP contribution in [-0.4, -0.2) is 53.3 Å². The van der Waals surface area contributed by atoms with Crippen LogP contribution in [0.1, 0.15) is 6.92 Å². The number of carbonyl (C=O) groups excluding carboxylic acids is 2. The summed E-state index contributed by atoms with van der Waals surface area (Å²) in [6.07, 6.45) is -0.296. The van der Waals surface area contributed by atoms with E-state index in [1.54, 1.807) is 11.8 Å². The van der Waals surface area contributed by atoms with Crippen LogP contribution in [0, 0.1) is 0 Å². The van der Waals surface area contributed by atoms with Crippen LogP contribution < -0.4 is 11.3 Å². The molecule has 0 aromatic rings. The second kappa shape index (κ2) is 6.56. The highest BCUT2D eigenvalue weighted by Crippen LogP contribution is 2.14.